The molecule has 0 aliphatic carbocycles. The van der Waals surface area contributed by atoms with Crippen LogP contribution in [0.5, 0.6) is 0 Å². The van der Waals surface area contributed by atoms with Gasteiger partial charge >= 0.3 is 0 Å². The fourth-order valence-electron chi connectivity index (χ4n) is 2.71. The highest BCUT2D eigenvalue weighted by Gasteiger charge is 2.19. The van der Waals surface area contributed by atoms with E-state index in [0.29, 0.717) is 28.1 Å². The van der Waals surface area contributed by atoms with E-state index >= 15 is 0 Å². The molecule has 0 aromatic heterocycles. The van der Waals surface area contributed by atoms with Crippen molar-refractivity contribution in [1.29, 1.82) is 0 Å². The first kappa shape index (κ1) is 25.7. The third kappa shape index (κ3) is 8.14. The Morgan fingerprint density at radius 3 is 2.42 bits per heavy atom. The predicted molar refractivity (Wildman–Crippen MR) is 123 cm³/mol. The first-order valence-electron chi connectivity index (χ1n) is 9.29. The molecule has 0 aliphatic rings. The summed E-state index contributed by atoms with van der Waals surface area (Å²) in [4.78, 5) is 12.0. The Morgan fingerprint density at radius 1 is 1.13 bits per heavy atom. The molecule has 2 rings (SSSR count). The third-order valence-corrected chi connectivity index (χ3v) is 7.12. The number of amides is 1. The van der Waals surface area contributed by atoms with Crippen LogP contribution >= 0.6 is 35.0 Å². The normalized spacial score (nSPS) is 11.4. The fraction of sp³-hybridized carbons (Fsp3) is 0.350. The first-order valence-corrected chi connectivity index (χ1v) is 13.1. The summed E-state index contributed by atoms with van der Waals surface area (Å²) in [6, 6.07) is 8.18. The zero-order valence-corrected chi connectivity index (χ0v) is 19.9. The van der Waals surface area contributed by atoms with Gasteiger partial charge in [0.05, 0.1) is 11.9 Å². The van der Waals surface area contributed by atoms with Gasteiger partial charge in [-0.05, 0) is 36.2 Å². The van der Waals surface area contributed by atoms with Gasteiger partial charge in [-0.15, -0.1) is 0 Å². The smallest absolute Gasteiger partial charge is 0.232 e. The lowest BCUT2D eigenvalue weighted by molar-refractivity contribution is -0.121. The molecule has 0 spiro atoms. The van der Waals surface area contributed by atoms with Crippen molar-refractivity contribution in [3.05, 3.63) is 63.6 Å². The number of nitrogens with zero attached hydrogens (tertiary/aromatic N) is 1. The summed E-state index contributed by atoms with van der Waals surface area (Å²) in [5, 5.41) is 3.96. The zero-order valence-electron chi connectivity index (χ0n) is 16.7. The van der Waals surface area contributed by atoms with E-state index in [4.69, 9.17) is 23.2 Å². The summed E-state index contributed by atoms with van der Waals surface area (Å²) in [5.41, 5.74) is 0.858. The summed E-state index contributed by atoms with van der Waals surface area (Å²) in [5.74, 6) is -1.16. The van der Waals surface area contributed by atoms with Crippen molar-refractivity contribution in [2.75, 3.05) is 29.4 Å². The van der Waals surface area contributed by atoms with Crippen LogP contribution in [0.2, 0.25) is 10.0 Å². The lowest BCUT2D eigenvalue weighted by Gasteiger charge is -2.22. The van der Waals surface area contributed by atoms with Crippen LogP contribution in [-0.2, 0) is 20.6 Å². The number of carbonyl (C=O) groups is 1. The van der Waals surface area contributed by atoms with Crippen LogP contribution in [0.25, 0.3) is 0 Å². The van der Waals surface area contributed by atoms with Crippen LogP contribution in [0.4, 0.5) is 14.5 Å². The number of hydrogen-bond acceptors (Lipinski definition) is 4. The molecule has 0 bridgehead atoms. The number of hydrogen-bond donors (Lipinski definition) is 1. The Bertz CT molecular complexity index is 1000. The number of sulfonamides is 1. The van der Waals surface area contributed by atoms with Gasteiger partial charge in [-0.1, -0.05) is 29.3 Å². The molecular formula is C20H22Cl2F2N2O3S2. The van der Waals surface area contributed by atoms with Crippen LogP contribution < -0.4 is 9.62 Å². The summed E-state index contributed by atoms with van der Waals surface area (Å²) in [6.07, 6.45) is 1.29. The van der Waals surface area contributed by atoms with Crippen LogP contribution in [0.15, 0.2) is 36.4 Å². The Morgan fingerprint density at radius 2 is 1.81 bits per heavy atom. The molecule has 0 heterocycles. The number of nitrogens with one attached hydrogen (secondary N) is 1. The average molecular weight is 511 g/mol. The number of benzene rings is 2. The molecule has 0 saturated heterocycles. The summed E-state index contributed by atoms with van der Waals surface area (Å²) in [7, 11) is -3.72. The highest BCUT2D eigenvalue weighted by molar-refractivity contribution is 7.98. The van der Waals surface area contributed by atoms with Crippen molar-refractivity contribution >= 4 is 56.6 Å². The highest BCUT2D eigenvalue weighted by Crippen LogP contribution is 2.28. The van der Waals surface area contributed by atoms with E-state index in [1.807, 2.05) is 0 Å². The summed E-state index contributed by atoms with van der Waals surface area (Å²) < 4.78 is 51.5. The Labute approximate surface area is 195 Å². The van der Waals surface area contributed by atoms with E-state index in [9.17, 15) is 22.0 Å². The van der Waals surface area contributed by atoms with Crippen molar-refractivity contribution < 1.29 is 22.0 Å². The molecule has 0 saturated carbocycles. The van der Waals surface area contributed by atoms with Gasteiger partial charge in [-0.3, -0.25) is 9.10 Å². The molecule has 0 radical (unpaired) electrons. The Hall–Kier alpha value is -1.55. The maximum Gasteiger partial charge on any atom is 0.232 e. The van der Waals surface area contributed by atoms with Crippen molar-refractivity contribution in [1.82, 2.24) is 5.32 Å². The largest absolute Gasteiger partial charge is 0.355 e. The quantitative estimate of drug-likeness (QED) is 0.438. The number of anilines is 1. The molecule has 31 heavy (non-hydrogen) atoms. The van der Waals surface area contributed by atoms with E-state index in [1.54, 1.807) is 30.0 Å². The summed E-state index contributed by atoms with van der Waals surface area (Å²) >= 11 is 13.8. The topological polar surface area (TPSA) is 66.5 Å². The maximum atomic E-state index is 13.5. The molecule has 2 aromatic rings. The third-order valence-electron chi connectivity index (χ3n) is 4.23. The van der Waals surface area contributed by atoms with E-state index < -0.39 is 21.7 Å². The minimum atomic E-state index is -3.72. The molecular weight excluding hydrogens is 489 g/mol. The molecule has 1 N–H and O–H groups in total. The van der Waals surface area contributed by atoms with Gasteiger partial charge in [-0.2, -0.15) is 11.8 Å². The van der Waals surface area contributed by atoms with Gasteiger partial charge < -0.3 is 5.32 Å². The second-order valence-electron chi connectivity index (χ2n) is 6.64. The number of halogens is 4. The minimum absolute atomic E-state index is 0.0106. The van der Waals surface area contributed by atoms with Gasteiger partial charge in [-0.25, -0.2) is 17.2 Å². The zero-order chi connectivity index (χ0) is 23.0. The lowest BCUT2D eigenvalue weighted by Crippen LogP contribution is -2.32. The predicted octanol–water partition coefficient (Wildman–Crippen LogP) is 4.87. The van der Waals surface area contributed by atoms with Crippen LogP contribution in [0.1, 0.15) is 18.4 Å². The number of carbonyl (C=O) groups excluding carboxylic acids is 1. The lowest BCUT2D eigenvalue weighted by atomic mass is 10.2. The SMILES string of the molecule is CS(=O)(=O)N(CCCC(=O)NCCSCc1c(Cl)cccc1Cl)c1ccc(F)c(F)c1. The standard InChI is InChI=1S/C20H22Cl2F2N2O3S2/c1-31(28,29)26(14-7-8-18(23)19(24)12-14)10-3-6-20(27)25-9-11-30-13-15-16(21)4-2-5-17(15)22/h2,4-5,7-8,12H,3,6,9-11,13H2,1H3,(H,25,27). The minimum Gasteiger partial charge on any atom is -0.355 e. The molecule has 0 aliphatic heterocycles. The molecule has 1 amide bonds. The van der Waals surface area contributed by atoms with Crippen LogP contribution in [0, 0.1) is 11.6 Å². The highest BCUT2D eigenvalue weighted by atomic mass is 35.5. The van der Waals surface area contributed by atoms with Crippen molar-refractivity contribution in [2.24, 2.45) is 0 Å². The average Bonchev–Trinajstić information content (AvgIpc) is 2.68. The monoisotopic (exact) mass is 510 g/mol. The number of rotatable bonds is 11. The Balaban J connectivity index is 1.75. The van der Waals surface area contributed by atoms with Crippen LogP contribution in [0.3, 0.4) is 0 Å². The van der Waals surface area contributed by atoms with E-state index in [1.165, 1.54) is 6.07 Å². The molecule has 0 unspecified atom stereocenters. The van der Waals surface area contributed by atoms with Crippen molar-refractivity contribution in [3.63, 3.8) is 0 Å². The van der Waals surface area contributed by atoms with Gasteiger partial charge in [0.15, 0.2) is 11.6 Å². The first-order chi connectivity index (χ1) is 14.6. The van der Waals surface area contributed by atoms with Crippen LogP contribution in [-0.4, -0.2) is 39.4 Å². The maximum absolute atomic E-state index is 13.5. The van der Waals surface area contributed by atoms with Crippen molar-refractivity contribution in [3.8, 4) is 0 Å². The Kier molecular flexibility index (Phi) is 9.87. The van der Waals surface area contributed by atoms with E-state index in [0.717, 1.165) is 28.3 Å². The van der Waals surface area contributed by atoms with Gasteiger partial charge in [0, 0.05) is 47.1 Å². The molecule has 0 atom stereocenters. The molecule has 2 aromatic carbocycles. The van der Waals surface area contributed by atoms with Crippen molar-refractivity contribution in [2.45, 2.75) is 18.6 Å². The second kappa shape index (κ2) is 11.9. The molecule has 170 valence electrons. The molecule has 0 fully saturated rings. The van der Waals surface area contributed by atoms with Gasteiger partial charge in [0.1, 0.15) is 0 Å². The summed E-state index contributed by atoms with van der Waals surface area (Å²) in [6.45, 7) is 0.404. The number of thioether (sulfide) groups is 1. The van der Waals surface area contributed by atoms with E-state index in [2.05, 4.69) is 5.32 Å². The van der Waals surface area contributed by atoms with Gasteiger partial charge in [0.2, 0.25) is 15.9 Å². The molecule has 5 nitrogen and oxygen atoms in total. The fourth-order valence-corrected chi connectivity index (χ4v) is 5.26. The van der Waals surface area contributed by atoms with E-state index in [-0.39, 0.29) is 31.0 Å². The molecule has 11 heteroatoms. The van der Waals surface area contributed by atoms with Gasteiger partial charge in [0.25, 0.3) is 0 Å². The second-order valence-corrected chi connectivity index (χ2v) is 10.5.